The number of aromatic amines is 1. The molecule has 1 amide bonds. The van der Waals surface area contributed by atoms with Gasteiger partial charge in [-0.25, -0.2) is 4.98 Å². The summed E-state index contributed by atoms with van der Waals surface area (Å²) in [5.74, 6) is 1.17. The number of carbonyl (C=O) groups excluding carboxylic acids is 1. The van der Waals surface area contributed by atoms with Crippen LogP contribution in [0.5, 0.6) is 0 Å². The van der Waals surface area contributed by atoms with Gasteiger partial charge in [0.2, 0.25) is 0 Å². The Balaban J connectivity index is 1.18. The molecule has 0 radical (unpaired) electrons. The molecule has 2 aromatic carbocycles. The second-order valence-electron chi connectivity index (χ2n) is 11.9. The lowest BCUT2D eigenvalue weighted by atomic mass is 9.76. The molecule has 0 bridgehead atoms. The standard InChI is InChI=1S/C34H38N4O2/c1-3-38-19-26-6-4-5-25-13-27(14-29(20-38)32(25)26)28-15-30-31(17-36-33(30)35-16-28)23-7-9-24(10-8-23)34(39)37(2)18-22-11-12-40-21-22/h7-10,13-17,22,26H,3-6,11-12,18-21H2,1-2H3,(H,35,36). The Morgan fingerprint density at radius 1 is 1.10 bits per heavy atom. The first-order valence-electron chi connectivity index (χ1n) is 14.9. The predicted molar refractivity (Wildman–Crippen MR) is 159 cm³/mol. The summed E-state index contributed by atoms with van der Waals surface area (Å²) >= 11 is 0. The van der Waals surface area contributed by atoms with Crippen molar-refractivity contribution in [2.24, 2.45) is 5.92 Å². The topological polar surface area (TPSA) is 61.5 Å². The summed E-state index contributed by atoms with van der Waals surface area (Å²) < 4.78 is 5.48. The molecule has 3 aliphatic rings. The van der Waals surface area contributed by atoms with Gasteiger partial charge in [-0.15, -0.1) is 0 Å². The summed E-state index contributed by atoms with van der Waals surface area (Å²) in [5, 5.41) is 1.11. The minimum atomic E-state index is 0.0570. The number of nitrogens with one attached hydrogen (secondary N) is 1. The van der Waals surface area contributed by atoms with Gasteiger partial charge in [-0.2, -0.15) is 0 Å². The van der Waals surface area contributed by atoms with Crippen LogP contribution in [0, 0.1) is 5.92 Å². The highest BCUT2D eigenvalue weighted by Crippen LogP contribution is 2.41. The highest BCUT2D eigenvalue weighted by atomic mass is 16.5. The van der Waals surface area contributed by atoms with E-state index < -0.39 is 0 Å². The van der Waals surface area contributed by atoms with Gasteiger partial charge in [-0.05, 0) is 90.2 Å². The quantitative estimate of drug-likeness (QED) is 0.317. The first kappa shape index (κ1) is 25.5. The second kappa shape index (κ2) is 10.5. The summed E-state index contributed by atoms with van der Waals surface area (Å²) in [7, 11) is 1.89. The largest absolute Gasteiger partial charge is 0.381 e. The lowest BCUT2D eigenvalue weighted by Gasteiger charge is -2.38. The molecule has 206 valence electrons. The summed E-state index contributed by atoms with van der Waals surface area (Å²) in [4.78, 5) is 25.6. The first-order valence-corrected chi connectivity index (χ1v) is 14.9. The van der Waals surface area contributed by atoms with Gasteiger partial charge < -0.3 is 14.6 Å². The van der Waals surface area contributed by atoms with E-state index in [4.69, 9.17) is 9.72 Å². The second-order valence-corrected chi connectivity index (χ2v) is 11.9. The number of hydrogen-bond donors (Lipinski definition) is 1. The van der Waals surface area contributed by atoms with Crippen molar-refractivity contribution in [1.29, 1.82) is 0 Å². The minimum absolute atomic E-state index is 0.0570. The smallest absolute Gasteiger partial charge is 0.253 e. The van der Waals surface area contributed by atoms with Gasteiger partial charge in [0.05, 0.1) is 6.61 Å². The average molecular weight is 535 g/mol. The molecule has 7 rings (SSSR count). The molecule has 2 aromatic heterocycles. The van der Waals surface area contributed by atoms with Crippen molar-refractivity contribution < 1.29 is 9.53 Å². The number of pyridine rings is 1. The Kier molecular flexibility index (Phi) is 6.68. The summed E-state index contributed by atoms with van der Waals surface area (Å²) in [5.41, 5.74) is 10.9. The number of H-pyrrole nitrogens is 1. The van der Waals surface area contributed by atoms with E-state index >= 15 is 0 Å². The van der Waals surface area contributed by atoms with Crippen LogP contribution in [0.4, 0.5) is 0 Å². The molecule has 0 spiro atoms. The third kappa shape index (κ3) is 4.63. The van der Waals surface area contributed by atoms with Gasteiger partial charge in [-0.3, -0.25) is 9.69 Å². The minimum Gasteiger partial charge on any atom is -0.381 e. The maximum absolute atomic E-state index is 13.0. The number of benzene rings is 2. The van der Waals surface area contributed by atoms with Crippen molar-refractivity contribution in [2.45, 2.75) is 45.1 Å². The van der Waals surface area contributed by atoms with Crippen LogP contribution in [0.15, 0.2) is 54.9 Å². The molecule has 4 heterocycles. The molecule has 1 saturated heterocycles. The van der Waals surface area contributed by atoms with Gasteiger partial charge in [0.25, 0.3) is 5.91 Å². The summed E-state index contributed by atoms with van der Waals surface area (Å²) in [6.45, 7) is 7.91. The van der Waals surface area contributed by atoms with E-state index in [0.717, 1.165) is 67.0 Å². The van der Waals surface area contributed by atoms with Crippen LogP contribution >= 0.6 is 0 Å². The molecular formula is C34H38N4O2. The SMILES string of the molecule is CCN1Cc2cc(-c3cnc4[nH]cc(-c5ccc(C(=O)N(C)CC6CCOC6)cc5)c4c3)cc3c2C(CCC3)C1. The number of nitrogens with zero attached hydrogens (tertiary/aromatic N) is 3. The van der Waals surface area contributed by atoms with Crippen LogP contribution in [0.25, 0.3) is 33.3 Å². The molecule has 6 heteroatoms. The van der Waals surface area contributed by atoms with E-state index in [-0.39, 0.29) is 5.91 Å². The molecule has 1 N–H and O–H groups in total. The van der Waals surface area contributed by atoms with Crippen LogP contribution < -0.4 is 0 Å². The number of ether oxygens (including phenoxy) is 1. The van der Waals surface area contributed by atoms with Crippen molar-refractivity contribution in [2.75, 3.05) is 39.9 Å². The zero-order chi connectivity index (χ0) is 27.2. The van der Waals surface area contributed by atoms with Crippen molar-refractivity contribution in [3.63, 3.8) is 0 Å². The molecular weight excluding hydrogens is 496 g/mol. The van der Waals surface area contributed by atoms with Crippen LogP contribution in [0.3, 0.4) is 0 Å². The maximum atomic E-state index is 13.0. The van der Waals surface area contributed by atoms with Crippen molar-refractivity contribution >= 4 is 16.9 Å². The van der Waals surface area contributed by atoms with Gasteiger partial charge in [0.1, 0.15) is 5.65 Å². The highest BCUT2D eigenvalue weighted by Gasteiger charge is 2.30. The van der Waals surface area contributed by atoms with Crippen molar-refractivity contribution in [3.8, 4) is 22.3 Å². The Morgan fingerprint density at radius 3 is 2.75 bits per heavy atom. The summed E-state index contributed by atoms with van der Waals surface area (Å²) in [6.07, 6.45) is 8.83. The Labute approximate surface area is 236 Å². The Hall–Kier alpha value is -3.48. The maximum Gasteiger partial charge on any atom is 0.253 e. The van der Waals surface area contributed by atoms with E-state index in [1.165, 1.54) is 36.9 Å². The number of carbonyl (C=O) groups is 1. The zero-order valence-corrected chi connectivity index (χ0v) is 23.6. The zero-order valence-electron chi connectivity index (χ0n) is 23.6. The molecule has 6 nitrogen and oxygen atoms in total. The summed E-state index contributed by atoms with van der Waals surface area (Å²) in [6, 6.07) is 15.1. The van der Waals surface area contributed by atoms with E-state index in [9.17, 15) is 4.79 Å². The monoisotopic (exact) mass is 534 g/mol. The van der Waals surface area contributed by atoms with E-state index in [0.29, 0.717) is 17.4 Å². The fourth-order valence-electron chi connectivity index (χ4n) is 7.14. The van der Waals surface area contributed by atoms with Crippen LogP contribution in [0.1, 0.15) is 59.2 Å². The Morgan fingerprint density at radius 2 is 1.95 bits per heavy atom. The first-order chi connectivity index (χ1) is 19.6. The fourth-order valence-corrected chi connectivity index (χ4v) is 7.14. The van der Waals surface area contributed by atoms with Gasteiger partial charge >= 0.3 is 0 Å². The van der Waals surface area contributed by atoms with Gasteiger partial charge in [0, 0.05) is 73.7 Å². The number of hydrogen-bond acceptors (Lipinski definition) is 4. The molecule has 1 fully saturated rings. The average Bonchev–Trinajstić information content (AvgIpc) is 3.66. The van der Waals surface area contributed by atoms with E-state index in [2.05, 4.69) is 47.1 Å². The van der Waals surface area contributed by atoms with Gasteiger partial charge in [-0.1, -0.05) is 25.1 Å². The lowest BCUT2D eigenvalue weighted by Crippen LogP contribution is -2.35. The van der Waals surface area contributed by atoms with Crippen LogP contribution in [-0.4, -0.2) is 65.6 Å². The molecule has 0 saturated carbocycles. The predicted octanol–water partition coefficient (Wildman–Crippen LogP) is 6.26. The number of aryl methyl sites for hydroxylation is 1. The normalized spacial score (nSPS) is 20.6. The highest BCUT2D eigenvalue weighted by molar-refractivity contribution is 5.98. The fraction of sp³-hybridized carbons (Fsp3) is 0.412. The number of likely N-dealkylation sites (N-methyl/N-ethyl adjacent to an activating group) is 1. The van der Waals surface area contributed by atoms with E-state index in [1.54, 1.807) is 11.1 Å². The third-order valence-corrected chi connectivity index (χ3v) is 9.29. The lowest BCUT2D eigenvalue weighted by molar-refractivity contribution is 0.0766. The molecule has 4 aromatic rings. The van der Waals surface area contributed by atoms with E-state index in [1.807, 2.05) is 36.5 Å². The van der Waals surface area contributed by atoms with Crippen molar-refractivity contribution in [3.05, 3.63) is 77.1 Å². The molecule has 2 aliphatic heterocycles. The van der Waals surface area contributed by atoms with Crippen LogP contribution in [-0.2, 0) is 17.7 Å². The molecule has 40 heavy (non-hydrogen) atoms. The number of aromatic nitrogens is 2. The molecule has 2 atom stereocenters. The number of fused-ring (bicyclic) bond motifs is 1. The third-order valence-electron chi connectivity index (χ3n) is 9.29. The number of rotatable bonds is 6. The molecule has 1 aliphatic carbocycles. The van der Waals surface area contributed by atoms with Crippen molar-refractivity contribution in [1.82, 2.24) is 19.8 Å². The Bertz CT molecular complexity index is 1550. The molecule has 2 unspecified atom stereocenters. The van der Waals surface area contributed by atoms with Crippen LogP contribution in [0.2, 0.25) is 0 Å². The number of amides is 1. The van der Waals surface area contributed by atoms with Gasteiger partial charge in [0.15, 0.2) is 0 Å².